The first-order valence-electron chi connectivity index (χ1n) is 12.6. The summed E-state index contributed by atoms with van der Waals surface area (Å²) in [5, 5.41) is 17.2. The molecule has 0 fully saturated rings. The Labute approximate surface area is 223 Å². The van der Waals surface area contributed by atoms with Crippen molar-refractivity contribution in [3.63, 3.8) is 0 Å². The lowest BCUT2D eigenvalue weighted by Crippen LogP contribution is -2.15. The van der Waals surface area contributed by atoms with Crippen LogP contribution in [0.4, 0.5) is 22.7 Å². The molecule has 1 aliphatic carbocycles. The lowest BCUT2D eigenvalue weighted by Gasteiger charge is -2.27. The second-order valence-electron chi connectivity index (χ2n) is 9.44. The van der Waals surface area contributed by atoms with Crippen molar-refractivity contribution >= 4 is 51.0 Å². The van der Waals surface area contributed by atoms with E-state index >= 15 is 0 Å². The monoisotopic (exact) mass is 494 g/mol. The van der Waals surface area contributed by atoms with Gasteiger partial charge in [0.15, 0.2) is 0 Å². The van der Waals surface area contributed by atoms with Crippen LogP contribution in [0.5, 0.6) is 0 Å². The molecule has 1 aliphatic rings. The number of anilines is 4. The number of hydrogen-bond acceptors (Lipinski definition) is 4. The van der Waals surface area contributed by atoms with Crippen LogP contribution < -0.4 is 10.6 Å². The molecule has 5 aromatic rings. The molecule has 0 saturated carbocycles. The highest BCUT2D eigenvalue weighted by molar-refractivity contribution is 6.52. The minimum absolute atomic E-state index is 0.286. The molecular formula is C34H30N4. The summed E-state index contributed by atoms with van der Waals surface area (Å²) in [5.41, 5.74) is 15.4. The summed E-state index contributed by atoms with van der Waals surface area (Å²) in [4.78, 5) is 2.29. The molecule has 4 nitrogen and oxygen atoms in total. The van der Waals surface area contributed by atoms with Gasteiger partial charge in [0, 0.05) is 33.4 Å². The maximum absolute atomic E-state index is 7.60. The third-order valence-corrected chi connectivity index (χ3v) is 6.69. The van der Waals surface area contributed by atoms with Gasteiger partial charge in [-0.05, 0) is 61.9 Å². The van der Waals surface area contributed by atoms with Crippen LogP contribution in [0.1, 0.15) is 22.3 Å². The number of rotatable bonds is 3. The Morgan fingerprint density at radius 2 is 1.13 bits per heavy atom. The summed E-state index contributed by atoms with van der Waals surface area (Å²) in [7, 11) is 0. The zero-order valence-corrected chi connectivity index (χ0v) is 21.6. The molecule has 0 aliphatic heterocycles. The fourth-order valence-corrected chi connectivity index (χ4v) is 4.59. The summed E-state index contributed by atoms with van der Waals surface area (Å²) in [6.07, 6.45) is 3.53. The highest BCUT2D eigenvalue weighted by atomic mass is 15.1. The number of nitrogen functional groups attached to an aromatic ring is 1. The van der Waals surface area contributed by atoms with Gasteiger partial charge in [-0.15, -0.1) is 0 Å². The molecule has 4 N–H and O–H groups in total. The SMILES string of the molecule is Cc1ccc(N(c2ccc(C)cc2)c2ccc(N)c3ccccc23)cc1.N=C1C=Cc2ccccc2C1=N. The van der Waals surface area contributed by atoms with Crippen LogP contribution >= 0.6 is 0 Å². The number of nitrogens with one attached hydrogen (secondary N) is 2. The summed E-state index contributed by atoms with van der Waals surface area (Å²) in [5.74, 6) is 0. The molecule has 0 amide bonds. The van der Waals surface area contributed by atoms with Crippen LogP contribution in [0, 0.1) is 24.7 Å². The average molecular weight is 495 g/mol. The molecule has 38 heavy (non-hydrogen) atoms. The summed E-state index contributed by atoms with van der Waals surface area (Å²) in [6, 6.07) is 37.3. The van der Waals surface area contributed by atoms with Crippen LogP contribution in [-0.4, -0.2) is 11.4 Å². The van der Waals surface area contributed by atoms with Crippen molar-refractivity contribution in [3.05, 3.63) is 138 Å². The second kappa shape index (κ2) is 10.6. The molecule has 6 rings (SSSR count). The standard InChI is InChI=1S/C24H22N2.C10H8N2/c1-17-7-11-19(12-8-17)26(20-13-9-18(2)10-14-20)24-16-15-23(25)21-5-3-4-6-22(21)24;11-9-6-5-7-3-1-2-4-8(7)10(9)12/h3-16H,25H2,1-2H3;1-6,11-12H. The maximum atomic E-state index is 7.60. The van der Waals surface area contributed by atoms with Crippen LogP contribution in [0.25, 0.3) is 16.8 Å². The minimum atomic E-state index is 0.286. The van der Waals surface area contributed by atoms with Crippen molar-refractivity contribution in [2.24, 2.45) is 0 Å². The topological polar surface area (TPSA) is 77.0 Å². The van der Waals surface area contributed by atoms with E-state index in [0.29, 0.717) is 5.71 Å². The van der Waals surface area contributed by atoms with E-state index in [2.05, 4.69) is 91.5 Å². The first kappa shape index (κ1) is 24.7. The molecule has 0 bridgehead atoms. The lowest BCUT2D eigenvalue weighted by molar-refractivity contribution is 1.28. The van der Waals surface area contributed by atoms with Gasteiger partial charge in [0.1, 0.15) is 0 Å². The van der Waals surface area contributed by atoms with E-state index in [1.807, 2.05) is 42.5 Å². The molecule has 4 heteroatoms. The van der Waals surface area contributed by atoms with Crippen molar-refractivity contribution in [3.8, 4) is 0 Å². The molecule has 0 spiro atoms. The predicted octanol–water partition coefficient (Wildman–Crippen LogP) is 8.61. The Morgan fingerprint density at radius 3 is 1.76 bits per heavy atom. The predicted molar refractivity (Wildman–Crippen MR) is 163 cm³/mol. The molecule has 0 heterocycles. The van der Waals surface area contributed by atoms with Gasteiger partial charge in [0.2, 0.25) is 0 Å². The van der Waals surface area contributed by atoms with E-state index in [4.69, 9.17) is 16.6 Å². The Hall–Kier alpha value is -4.96. The smallest absolute Gasteiger partial charge is 0.0867 e. The largest absolute Gasteiger partial charge is 0.398 e. The zero-order valence-electron chi connectivity index (χ0n) is 21.6. The molecule has 0 aromatic heterocycles. The Balaban J connectivity index is 0.000000204. The van der Waals surface area contributed by atoms with Crippen molar-refractivity contribution in [2.75, 3.05) is 10.6 Å². The van der Waals surface area contributed by atoms with Crippen LogP contribution in [0.15, 0.2) is 115 Å². The average Bonchev–Trinajstić information content (AvgIpc) is 2.95. The molecule has 0 unspecified atom stereocenters. The van der Waals surface area contributed by atoms with Crippen LogP contribution in [0.3, 0.4) is 0 Å². The van der Waals surface area contributed by atoms with Gasteiger partial charge < -0.3 is 10.6 Å². The normalized spacial score (nSPS) is 12.1. The first-order chi connectivity index (χ1) is 18.4. The Kier molecular flexibility index (Phi) is 6.88. The molecule has 186 valence electrons. The van der Waals surface area contributed by atoms with Crippen LogP contribution in [-0.2, 0) is 0 Å². The first-order valence-corrected chi connectivity index (χ1v) is 12.6. The number of nitrogens with two attached hydrogens (primary N) is 1. The third-order valence-electron chi connectivity index (χ3n) is 6.69. The van der Waals surface area contributed by atoms with Gasteiger partial charge in [-0.25, -0.2) is 0 Å². The van der Waals surface area contributed by atoms with E-state index in [9.17, 15) is 0 Å². The number of aryl methyl sites for hydroxylation is 2. The van der Waals surface area contributed by atoms with E-state index in [1.165, 1.54) is 11.1 Å². The fourth-order valence-electron chi connectivity index (χ4n) is 4.59. The van der Waals surface area contributed by atoms with Gasteiger partial charge in [0.05, 0.1) is 17.1 Å². The van der Waals surface area contributed by atoms with Gasteiger partial charge >= 0.3 is 0 Å². The Morgan fingerprint density at radius 1 is 0.579 bits per heavy atom. The van der Waals surface area contributed by atoms with Gasteiger partial charge in [0.25, 0.3) is 0 Å². The number of allylic oxidation sites excluding steroid dienone is 1. The summed E-state index contributed by atoms with van der Waals surface area (Å²) in [6.45, 7) is 4.22. The van der Waals surface area contributed by atoms with E-state index in [0.717, 1.165) is 44.6 Å². The summed E-state index contributed by atoms with van der Waals surface area (Å²) >= 11 is 0. The quantitative estimate of drug-likeness (QED) is 0.220. The maximum Gasteiger partial charge on any atom is 0.0867 e. The van der Waals surface area contributed by atoms with Crippen molar-refractivity contribution in [2.45, 2.75) is 13.8 Å². The summed E-state index contributed by atoms with van der Waals surface area (Å²) < 4.78 is 0. The molecule has 5 aromatic carbocycles. The van der Waals surface area contributed by atoms with Gasteiger partial charge in [-0.3, -0.25) is 10.8 Å². The zero-order chi connectivity index (χ0) is 26.6. The van der Waals surface area contributed by atoms with E-state index < -0.39 is 0 Å². The number of hydrogen-bond donors (Lipinski definition) is 3. The molecule has 0 saturated heterocycles. The highest BCUT2D eigenvalue weighted by Crippen LogP contribution is 2.40. The Bertz CT molecular complexity index is 1620. The molecule has 0 atom stereocenters. The number of fused-ring (bicyclic) bond motifs is 2. The highest BCUT2D eigenvalue weighted by Gasteiger charge is 2.16. The fraction of sp³-hybridized carbons (Fsp3) is 0.0588. The second-order valence-corrected chi connectivity index (χ2v) is 9.44. The van der Waals surface area contributed by atoms with Crippen LogP contribution in [0.2, 0.25) is 0 Å². The molecule has 0 radical (unpaired) electrons. The van der Waals surface area contributed by atoms with E-state index in [-0.39, 0.29) is 5.71 Å². The van der Waals surface area contributed by atoms with E-state index in [1.54, 1.807) is 6.08 Å². The number of benzene rings is 5. The van der Waals surface area contributed by atoms with Gasteiger partial charge in [-0.1, -0.05) is 90.0 Å². The molecular weight excluding hydrogens is 464 g/mol. The van der Waals surface area contributed by atoms with Crippen molar-refractivity contribution in [1.82, 2.24) is 0 Å². The third kappa shape index (κ3) is 4.97. The van der Waals surface area contributed by atoms with Crippen molar-refractivity contribution < 1.29 is 0 Å². The minimum Gasteiger partial charge on any atom is -0.398 e. The van der Waals surface area contributed by atoms with Gasteiger partial charge in [-0.2, -0.15) is 0 Å². The number of nitrogens with zero attached hydrogens (tertiary/aromatic N) is 1. The van der Waals surface area contributed by atoms with Crippen molar-refractivity contribution in [1.29, 1.82) is 10.8 Å². The lowest BCUT2D eigenvalue weighted by atomic mass is 9.94.